The van der Waals surface area contributed by atoms with E-state index in [0.29, 0.717) is 32.6 Å². The Morgan fingerprint density at radius 1 is 1.38 bits per heavy atom. The van der Waals surface area contributed by atoms with Crippen LogP contribution in [-0.4, -0.2) is 46.1 Å². The fourth-order valence-electron chi connectivity index (χ4n) is 2.46. The maximum Gasteiger partial charge on any atom is 0.244 e. The molecule has 2 rings (SSSR count). The van der Waals surface area contributed by atoms with E-state index in [2.05, 4.69) is 5.32 Å². The third-order valence-corrected chi connectivity index (χ3v) is 6.13. The third kappa shape index (κ3) is 3.76. The zero-order valence-corrected chi connectivity index (χ0v) is 13.9. The lowest BCUT2D eigenvalue weighted by Crippen LogP contribution is -2.40. The molecule has 0 aliphatic carbocycles. The number of hydrogen-bond donors (Lipinski definition) is 1. The molecule has 21 heavy (non-hydrogen) atoms. The van der Waals surface area contributed by atoms with E-state index in [4.69, 9.17) is 16.3 Å². The number of ether oxygens (including phenoxy) is 1. The molecule has 1 aromatic carbocycles. The summed E-state index contributed by atoms with van der Waals surface area (Å²) in [5, 5.41) is 3.26. The first-order chi connectivity index (χ1) is 9.96. The minimum Gasteiger partial charge on any atom is -0.381 e. The molecule has 5 nitrogen and oxygen atoms in total. The summed E-state index contributed by atoms with van der Waals surface area (Å²) in [6.45, 7) is 1.79. The average molecular weight is 333 g/mol. The predicted molar refractivity (Wildman–Crippen MR) is 83.0 cm³/mol. The Morgan fingerprint density at radius 2 is 2.05 bits per heavy atom. The van der Waals surface area contributed by atoms with Gasteiger partial charge < -0.3 is 10.1 Å². The van der Waals surface area contributed by atoms with E-state index < -0.39 is 10.0 Å². The van der Waals surface area contributed by atoms with E-state index in [1.807, 2.05) is 13.1 Å². The standard InChI is InChI=1S/C14H21ClN2O3S/c1-16-10-11-3-4-13(15)14(9-11)21(18,19)17(2)12-5-7-20-8-6-12/h3-4,9,12,16H,5-8,10H2,1-2H3. The molecule has 1 saturated heterocycles. The van der Waals surface area contributed by atoms with Crippen LogP contribution in [0.1, 0.15) is 18.4 Å². The van der Waals surface area contributed by atoms with E-state index in [9.17, 15) is 8.42 Å². The SMILES string of the molecule is CNCc1ccc(Cl)c(S(=O)(=O)N(C)C2CCOCC2)c1. The van der Waals surface area contributed by atoms with Gasteiger partial charge in [0, 0.05) is 32.8 Å². The second-order valence-corrected chi connectivity index (χ2v) is 7.53. The van der Waals surface area contributed by atoms with Crippen LogP contribution in [-0.2, 0) is 21.3 Å². The van der Waals surface area contributed by atoms with Gasteiger partial charge >= 0.3 is 0 Å². The molecule has 1 aliphatic rings. The number of nitrogens with zero attached hydrogens (tertiary/aromatic N) is 1. The van der Waals surface area contributed by atoms with Crippen LogP contribution in [0, 0.1) is 0 Å². The number of hydrogen-bond acceptors (Lipinski definition) is 4. The van der Waals surface area contributed by atoms with Crippen LogP contribution in [0.4, 0.5) is 0 Å². The molecular formula is C14H21ClN2O3S. The Balaban J connectivity index is 2.31. The summed E-state index contributed by atoms with van der Waals surface area (Å²) < 4.78 is 32.3. The van der Waals surface area contributed by atoms with Crippen LogP contribution < -0.4 is 5.32 Å². The molecule has 1 N–H and O–H groups in total. The number of rotatable bonds is 5. The van der Waals surface area contributed by atoms with Gasteiger partial charge in [-0.25, -0.2) is 8.42 Å². The van der Waals surface area contributed by atoms with Gasteiger partial charge in [-0.2, -0.15) is 4.31 Å². The molecule has 0 aromatic heterocycles. The van der Waals surface area contributed by atoms with Gasteiger partial charge in [0.15, 0.2) is 0 Å². The number of sulfonamides is 1. The lowest BCUT2D eigenvalue weighted by molar-refractivity contribution is 0.0632. The van der Waals surface area contributed by atoms with E-state index in [0.717, 1.165) is 5.56 Å². The van der Waals surface area contributed by atoms with Crippen LogP contribution in [0.2, 0.25) is 5.02 Å². The molecule has 118 valence electrons. The summed E-state index contributed by atoms with van der Waals surface area (Å²) >= 11 is 6.11. The molecule has 1 aromatic rings. The summed E-state index contributed by atoms with van der Waals surface area (Å²) in [6.07, 6.45) is 1.42. The monoisotopic (exact) mass is 332 g/mol. The first-order valence-corrected chi connectivity index (χ1v) is 8.77. The molecule has 1 aliphatic heterocycles. The van der Waals surface area contributed by atoms with Crippen molar-refractivity contribution in [1.29, 1.82) is 0 Å². The molecule has 0 bridgehead atoms. The second kappa shape index (κ2) is 7.07. The summed E-state index contributed by atoms with van der Waals surface area (Å²) in [5.41, 5.74) is 0.890. The summed E-state index contributed by atoms with van der Waals surface area (Å²) in [5.74, 6) is 0. The second-order valence-electron chi connectivity index (χ2n) is 5.16. The average Bonchev–Trinajstić information content (AvgIpc) is 2.49. The van der Waals surface area contributed by atoms with Crippen LogP contribution >= 0.6 is 11.6 Å². The lowest BCUT2D eigenvalue weighted by Gasteiger charge is -2.30. The molecule has 0 atom stereocenters. The smallest absolute Gasteiger partial charge is 0.244 e. The van der Waals surface area contributed by atoms with Crippen LogP contribution in [0.5, 0.6) is 0 Å². The van der Waals surface area contributed by atoms with E-state index in [-0.39, 0.29) is 16.0 Å². The molecule has 1 fully saturated rings. The zero-order chi connectivity index (χ0) is 15.5. The van der Waals surface area contributed by atoms with Crippen molar-refractivity contribution >= 4 is 21.6 Å². The molecule has 0 spiro atoms. The van der Waals surface area contributed by atoms with Gasteiger partial charge in [0.1, 0.15) is 4.90 Å². The quantitative estimate of drug-likeness (QED) is 0.894. The van der Waals surface area contributed by atoms with Gasteiger partial charge in [0.2, 0.25) is 10.0 Å². The van der Waals surface area contributed by atoms with Crippen molar-refractivity contribution in [3.8, 4) is 0 Å². The first kappa shape index (κ1) is 16.7. The van der Waals surface area contributed by atoms with Crippen molar-refractivity contribution in [2.45, 2.75) is 30.3 Å². The Kier molecular flexibility index (Phi) is 5.62. The molecule has 7 heteroatoms. The molecule has 0 saturated carbocycles. The molecule has 0 radical (unpaired) electrons. The van der Waals surface area contributed by atoms with Crippen LogP contribution in [0.25, 0.3) is 0 Å². The highest BCUT2D eigenvalue weighted by atomic mass is 35.5. The summed E-state index contributed by atoms with van der Waals surface area (Å²) in [4.78, 5) is 0.172. The summed E-state index contributed by atoms with van der Waals surface area (Å²) in [7, 11) is -0.158. The van der Waals surface area contributed by atoms with Crippen molar-refractivity contribution in [3.63, 3.8) is 0 Å². The van der Waals surface area contributed by atoms with Crippen molar-refractivity contribution in [1.82, 2.24) is 9.62 Å². The Morgan fingerprint density at radius 3 is 2.67 bits per heavy atom. The lowest BCUT2D eigenvalue weighted by atomic mass is 10.1. The highest BCUT2D eigenvalue weighted by Crippen LogP contribution is 2.28. The van der Waals surface area contributed by atoms with Gasteiger partial charge in [0.05, 0.1) is 5.02 Å². The van der Waals surface area contributed by atoms with Crippen LogP contribution in [0.15, 0.2) is 23.1 Å². The van der Waals surface area contributed by atoms with Gasteiger partial charge in [-0.1, -0.05) is 17.7 Å². The number of benzene rings is 1. The molecule has 0 amide bonds. The fourth-order valence-corrected chi connectivity index (χ4v) is 4.40. The Labute approximate surface area is 131 Å². The maximum absolute atomic E-state index is 12.8. The molecule has 1 heterocycles. The topological polar surface area (TPSA) is 58.6 Å². The van der Waals surface area contributed by atoms with E-state index >= 15 is 0 Å². The normalized spacial score (nSPS) is 17.3. The van der Waals surface area contributed by atoms with E-state index in [1.165, 1.54) is 4.31 Å². The van der Waals surface area contributed by atoms with Crippen molar-refractivity contribution < 1.29 is 13.2 Å². The Bertz CT molecular complexity index is 586. The highest BCUT2D eigenvalue weighted by molar-refractivity contribution is 7.89. The van der Waals surface area contributed by atoms with Gasteiger partial charge in [-0.3, -0.25) is 0 Å². The highest BCUT2D eigenvalue weighted by Gasteiger charge is 2.30. The van der Waals surface area contributed by atoms with Gasteiger partial charge in [-0.05, 0) is 37.6 Å². The minimum atomic E-state index is -3.59. The maximum atomic E-state index is 12.8. The minimum absolute atomic E-state index is 0.0345. The number of nitrogens with one attached hydrogen (secondary N) is 1. The zero-order valence-electron chi connectivity index (χ0n) is 12.3. The van der Waals surface area contributed by atoms with E-state index in [1.54, 1.807) is 19.2 Å². The first-order valence-electron chi connectivity index (χ1n) is 6.95. The third-order valence-electron chi connectivity index (χ3n) is 3.74. The van der Waals surface area contributed by atoms with Crippen LogP contribution in [0.3, 0.4) is 0 Å². The summed E-state index contributed by atoms with van der Waals surface area (Å²) in [6, 6.07) is 5.07. The molecular weight excluding hydrogens is 312 g/mol. The largest absolute Gasteiger partial charge is 0.381 e. The van der Waals surface area contributed by atoms with Crippen molar-refractivity contribution in [3.05, 3.63) is 28.8 Å². The van der Waals surface area contributed by atoms with Gasteiger partial charge in [0.25, 0.3) is 0 Å². The van der Waals surface area contributed by atoms with Gasteiger partial charge in [-0.15, -0.1) is 0 Å². The predicted octanol–water partition coefficient (Wildman–Crippen LogP) is 1.86. The van der Waals surface area contributed by atoms with Crippen molar-refractivity contribution in [2.24, 2.45) is 0 Å². The fraction of sp³-hybridized carbons (Fsp3) is 0.571. The molecule has 0 unspecified atom stereocenters. The number of halogens is 1. The Hall–Kier alpha value is -0.660. The van der Waals surface area contributed by atoms with Crippen molar-refractivity contribution in [2.75, 3.05) is 27.3 Å².